The van der Waals surface area contributed by atoms with Crippen LogP contribution in [0.4, 0.5) is 0 Å². The normalized spacial score (nSPS) is 10.7. The van der Waals surface area contributed by atoms with Crippen LogP contribution in [0.25, 0.3) is 0 Å². The highest BCUT2D eigenvalue weighted by Crippen LogP contribution is 2.25. The standard InChI is InChI=1S/C17H15BrClN3O3/c1-10-6-13(18)7-12(16(10)24)8-21-22-15(23)9-20-17(25)11-2-4-14(19)5-3-11/h2-8,24H,9H2,1H3,(H,20,25)(H,22,23)/b21-8-. The van der Waals surface area contributed by atoms with Gasteiger partial charge < -0.3 is 10.4 Å². The number of phenolic OH excluding ortho intramolecular Hbond substituents is 1. The van der Waals surface area contributed by atoms with Crippen LogP contribution in [-0.2, 0) is 4.79 Å². The predicted molar refractivity (Wildman–Crippen MR) is 100 cm³/mol. The van der Waals surface area contributed by atoms with Gasteiger partial charge in [0, 0.05) is 20.6 Å². The second-order valence-electron chi connectivity index (χ2n) is 5.14. The van der Waals surface area contributed by atoms with Gasteiger partial charge in [-0.2, -0.15) is 5.10 Å². The average molecular weight is 425 g/mol. The van der Waals surface area contributed by atoms with E-state index >= 15 is 0 Å². The van der Waals surface area contributed by atoms with Gasteiger partial charge in [0.2, 0.25) is 0 Å². The fourth-order valence-electron chi connectivity index (χ4n) is 1.94. The molecule has 0 spiro atoms. The summed E-state index contributed by atoms with van der Waals surface area (Å²) in [6, 6.07) is 9.73. The number of aryl methyl sites for hydroxylation is 1. The van der Waals surface area contributed by atoms with Crippen molar-refractivity contribution in [1.29, 1.82) is 0 Å². The molecule has 0 aliphatic heterocycles. The molecule has 0 radical (unpaired) electrons. The number of carbonyl (C=O) groups is 2. The smallest absolute Gasteiger partial charge is 0.259 e. The fourth-order valence-corrected chi connectivity index (χ4v) is 2.65. The number of hydrogen-bond donors (Lipinski definition) is 3. The molecule has 0 fully saturated rings. The van der Waals surface area contributed by atoms with Gasteiger partial charge in [-0.1, -0.05) is 27.5 Å². The molecule has 2 rings (SSSR count). The minimum atomic E-state index is -0.496. The first-order valence-corrected chi connectivity index (χ1v) is 8.38. The molecule has 2 amide bonds. The Morgan fingerprint density at radius 2 is 1.96 bits per heavy atom. The Kier molecular flexibility index (Phi) is 6.55. The largest absolute Gasteiger partial charge is 0.507 e. The lowest BCUT2D eigenvalue weighted by Crippen LogP contribution is -2.34. The molecule has 130 valence electrons. The lowest BCUT2D eigenvalue weighted by atomic mass is 10.1. The van der Waals surface area contributed by atoms with Crippen LogP contribution in [0.3, 0.4) is 0 Å². The summed E-state index contributed by atoms with van der Waals surface area (Å²) < 4.78 is 0.783. The lowest BCUT2D eigenvalue weighted by molar-refractivity contribution is -0.120. The van der Waals surface area contributed by atoms with Crippen molar-refractivity contribution in [3.05, 3.63) is 62.6 Å². The highest BCUT2D eigenvalue weighted by molar-refractivity contribution is 9.10. The summed E-state index contributed by atoms with van der Waals surface area (Å²) in [6.07, 6.45) is 1.33. The Labute approximate surface area is 158 Å². The first-order valence-electron chi connectivity index (χ1n) is 7.21. The Balaban J connectivity index is 1.86. The number of nitrogens with zero attached hydrogens (tertiary/aromatic N) is 1. The Bertz CT molecular complexity index is 823. The van der Waals surface area contributed by atoms with Crippen LogP contribution in [0.2, 0.25) is 5.02 Å². The monoisotopic (exact) mass is 423 g/mol. The molecule has 0 aliphatic rings. The molecule has 25 heavy (non-hydrogen) atoms. The van der Waals surface area contributed by atoms with Gasteiger partial charge >= 0.3 is 0 Å². The van der Waals surface area contributed by atoms with Crippen LogP contribution < -0.4 is 10.7 Å². The number of hydrazone groups is 1. The van der Waals surface area contributed by atoms with Crippen molar-refractivity contribution in [2.45, 2.75) is 6.92 Å². The second kappa shape index (κ2) is 8.64. The molecular formula is C17H15BrClN3O3. The minimum absolute atomic E-state index is 0.0808. The molecule has 0 heterocycles. The number of halogens is 2. The zero-order valence-electron chi connectivity index (χ0n) is 13.2. The van der Waals surface area contributed by atoms with Crippen molar-refractivity contribution in [3.8, 4) is 5.75 Å². The summed E-state index contributed by atoms with van der Waals surface area (Å²) >= 11 is 9.07. The molecule has 8 heteroatoms. The molecule has 3 N–H and O–H groups in total. The molecule has 0 aliphatic carbocycles. The molecule has 0 unspecified atom stereocenters. The predicted octanol–water partition coefficient (Wildman–Crippen LogP) is 3.00. The van der Waals surface area contributed by atoms with Crippen LogP contribution in [-0.4, -0.2) is 29.7 Å². The number of aromatic hydroxyl groups is 1. The highest BCUT2D eigenvalue weighted by Gasteiger charge is 2.08. The van der Waals surface area contributed by atoms with Gasteiger partial charge in [0.05, 0.1) is 12.8 Å². The van der Waals surface area contributed by atoms with E-state index in [9.17, 15) is 14.7 Å². The maximum absolute atomic E-state index is 11.9. The van der Waals surface area contributed by atoms with Gasteiger partial charge in [-0.05, 0) is 48.9 Å². The first kappa shape index (κ1) is 19.0. The molecule has 0 atom stereocenters. The van der Waals surface area contributed by atoms with Crippen LogP contribution in [0.5, 0.6) is 5.75 Å². The second-order valence-corrected chi connectivity index (χ2v) is 6.50. The van der Waals surface area contributed by atoms with E-state index in [1.54, 1.807) is 43.3 Å². The number of benzene rings is 2. The molecule has 2 aromatic carbocycles. The Hall–Kier alpha value is -2.38. The van der Waals surface area contributed by atoms with Gasteiger partial charge in [-0.15, -0.1) is 0 Å². The van der Waals surface area contributed by atoms with E-state index < -0.39 is 11.8 Å². The molecule has 0 aromatic heterocycles. The van der Waals surface area contributed by atoms with Gasteiger partial charge in [0.25, 0.3) is 11.8 Å². The highest BCUT2D eigenvalue weighted by atomic mass is 79.9. The zero-order chi connectivity index (χ0) is 18.4. The van der Waals surface area contributed by atoms with E-state index in [1.807, 2.05) is 0 Å². The third kappa shape index (κ3) is 5.58. The molecule has 0 saturated carbocycles. The quantitative estimate of drug-likeness (QED) is 0.509. The number of hydrogen-bond acceptors (Lipinski definition) is 4. The molecule has 0 saturated heterocycles. The zero-order valence-corrected chi connectivity index (χ0v) is 15.6. The van der Waals surface area contributed by atoms with E-state index in [0.29, 0.717) is 21.7 Å². The van der Waals surface area contributed by atoms with E-state index in [4.69, 9.17) is 11.6 Å². The van der Waals surface area contributed by atoms with Crippen molar-refractivity contribution < 1.29 is 14.7 Å². The number of amides is 2. The Morgan fingerprint density at radius 3 is 2.64 bits per heavy atom. The van der Waals surface area contributed by atoms with E-state index in [0.717, 1.165) is 4.47 Å². The van der Waals surface area contributed by atoms with Gasteiger partial charge in [0.15, 0.2) is 0 Å². The summed E-state index contributed by atoms with van der Waals surface area (Å²) in [5.41, 5.74) is 3.81. The van der Waals surface area contributed by atoms with Crippen molar-refractivity contribution in [1.82, 2.24) is 10.7 Å². The first-order chi connectivity index (χ1) is 11.9. The third-order valence-corrected chi connectivity index (χ3v) is 3.91. The van der Waals surface area contributed by atoms with Crippen molar-refractivity contribution >= 4 is 45.6 Å². The van der Waals surface area contributed by atoms with Gasteiger partial charge in [-0.25, -0.2) is 5.43 Å². The summed E-state index contributed by atoms with van der Waals surface area (Å²) in [5, 5.41) is 16.7. The van der Waals surface area contributed by atoms with E-state index in [1.165, 1.54) is 6.21 Å². The molecular weight excluding hydrogens is 410 g/mol. The van der Waals surface area contributed by atoms with Crippen molar-refractivity contribution in [2.24, 2.45) is 5.10 Å². The summed E-state index contributed by atoms with van der Waals surface area (Å²) in [4.78, 5) is 23.6. The van der Waals surface area contributed by atoms with Crippen molar-refractivity contribution in [3.63, 3.8) is 0 Å². The van der Waals surface area contributed by atoms with E-state index in [2.05, 4.69) is 31.8 Å². The lowest BCUT2D eigenvalue weighted by Gasteiger charge is -2.05. The summed E-state index contributed by atoms with van der Waals surface area (Å²) in [5.74, 6) is -0.807. The number of nitrogens with one attached hydrogen (secondary N) is 2. The molecule has 0 bridgehead atoms. The molecule has 6 nitrogen and oxygen atoms in total. The topological polar surface area (TPSA) is 90.8 Å². The summed E-state index contributed by atoms with van der Waals surface area (Å²) in [7, 11) is 0. The van der Waals surface area contributed by atoms with Crippen molar-refractivity contribution in [2.75, 3.05) is 6.54 Å². The molecule has 2 aromatic rings. The minimum Gasteiger partial charge on any atom is -0.507 e. The van der Waals surface area contributed by atoms with Crippen LogP contribution in [0, 0.1) is 6.92 Å². The van der Waals surface area contributed by atoms with E-state index in [-0.39, 0.29) is 12.3 Å². The maximum atomic E-state index is 11.9. The van der Waals surface area contributed by atoms with Gasteiger partial charge in [-0.3, -0.25) is 9.59 Å². The number of rotatable bonds is 5. The Morgan fingerprint density at radius 1 is 1.28 bits per heavy atom. The fraction of sp³-hybridized carbons (Fsp3) is 0.118. The third-order valence-electron chi connectivity index (χ3n) is 3.20. The van der Waals surface area contributed by atoms with Crippen LogP contribution in [0.1, 0.15) is 21.5 Å². The van der Waals surface area contributed by atoms with Gasteiger partial charge in [0.1, 0.15) is 5.75 Å². The summed E-state index contributed by atoms with van der Waals surface area (Å²) in [6.45, 7) is 1.52. The SMILES string of the molecule is Cc1cc(Br)cc(/C=N\NC(=O)CNC(=O)c2ccc(Cl)cc2)c1O. The average Bonchev–Trinajstić information content (AvgIpc) is 2.57. The maximum Gasteiger partial charge on any atom is 0.259 e. The number of phenols is 1. The van der Waals surface area contributed by atoms with Crippen LogP contribution in [0.15, 0.2) is 46.0 Å². The number of carbonyl (C=O) groups excluding carboxylic acids is 2. The van der Waals surface area contributed by atoms with Crippen LogP contribution >= 0.6 is 27.5 Å².